The van der Waals surface area contributed by atoms with Crippen LogP contribution in [0.25, 0.3) is 10.9 Å². The lowest BCUT2D eigenvalue weighted by Crippen LogP contribution is -2.59. The van der Waals surface area contributed by atoms with Gasteiger partial charge in [-0.2, -0.15) is 0 Å². The molecule has 8 N–H and O–H groups in total. The van der Waals surface area contributed by atoms with Gasteiger partial charge in [0.2, 0.25) is 35.4 Å². The normalized spacial score (nSPS) is 13.0. The van der Waals surface area contributed by atoms with E-state index in [1.807, 2.05) is 37.3 Å². The molecule has 0 aliphatic rings. The molecule has 4 atom stereocenters. The predicted octanol–water partition coefficient (Wildman–Crippen LogP) is 1.92. The van der Waals surface area contributed by atoms with E-state index in [4.69, 9.17) is 16.2 Å². The number of nitrogens with zero attached hydrogens (tertiary/aromatic N) is 1. The van der Waals surface area contributed by atoms with Crippen molar-refractivity contribution in [3.63, 3.8) is 0 Å². The lowest BCUT2D eigenvalue weighted by molar-refractivity contribution is -0.148. The van der Waals surface area contributed by atoms with Crippen LogP contribution in [0.5, 0.6) is 0 Å². The van der Waals surface area contributed by atoms with E-state index in [1.54, 1.807) is 60.8 Å². The highest BCUT2D eigenvalue weighted by atomic mass is 16.5. The van der Waals surface area contributed by atoms with Gasteiger partial charge in [-0.25, -0.2) is 0 Å². The zero-order chi connectivity index (χ0) is 40.6. The van der Waals surface area contributed by atoms with Crippen molar-refractivity contribution >= 4 is 52.3 Å². The number of hydrogen-bond donors (Lipinski definition) is 6. The van der Waals surface area contributed by atoms with Crippen molar-refractivity contribution in [2.75, 3.05) is 7.05 Å². The van der Waals surface area contributed by atoms with E-state index in [1.165, 1.54) is 11.9 Å². The average molecular weight is 768 g/mol. The van der Waals surface area contributed by atoms with Gasteiger partial charge in [0.1, 0.15) is 37.2 Å². The second-order valence-corrected chi connectivity index (χ2v) is 13.5. The van der Waals surface area contributed by atoms with E-state index >= 15 is 0 Å². The number of amides is 6. The molecule has 15 nitrogen and oxygen atoms in total. The third-order valence-electron chi connectivity index (χ3n) is 9.20. The summed E-state index contributed by atoms with van der Waals surface area (Å²) in [5, 5.41) is 8.61. The number of H-pyrrole nitrogens is 1. The molecule has 0 aliphatic carbocycles. The molecule has 1 heterocycles. The second-order valence-electron chi connectivity index (χ2n) is 13.5. The first-order valence-corrected chi connectivity index (χ1v) is 18.4. The highest BCUT2D eigenvalue weighted by Crippen LogP contribution is 2.21. The Balaban J connectivity index is 1.59. The molecule has 4 aromatic rings. The number of benzene rings is 3. The second kappa shape index (κ2) is 20.8. The molecular formula is C41H49N7O8. The first kappa shape index (κ1) is 42.2. The number of esters is 1. The molecule has 6 amide bonds. The van der Waals surface area contributed by atoms with Gasteiger partial charge in [0.15, 0.2) is 0 Å². The predicted molar refractivity (Wildman–Crippen MR) is 208 cm³/mol. The number of carbonyl (C=O) groups is 7. The summed E-state index contributed by atoms with van der Waals surface area (Å²) in [5.74, 6) is -5.58. The van der Waals surface area contributed by atoms with Crippen molar-refractivity contribution in [3.05, 3.63) is 108 Å². The lowest BCUT2D eigenvalue weighted by atomic mass is 10.0. The molecule has 0 unspecified atom stereocenters. The maximum atomic E-state index is 14.2. The van der Waals surface area contributed by atoms with Crippen LogP contribution in [0.15, 0.2) is 91.1 Å². The number of fused-ring (bicyclic) bond motifs is 1. The van der Waals surface area contributed by atoms with Crippen LogP contribution in [0.4, 0.5) is 0 Å². The van der Waals surface area contributed by atoms with E-state index in [-0.39, 0.29) is 25.9 Å². The Morgan fingerprint density at radius 2 is 1.38 bits per heavy atom. The summed E-state index contributed by atoms with van der Waals surface area (Å²) >= 11 is 0. The quantitative estimate of drug-likeness (QED) is 0.0540. The van der Waals surface area contributed by atoms with Gasteiger partial charge < -0.3 is 42.0 Å². The molecule has 0 saturated heterocycles. The Labute approximate surface area is 324 Å². The van der Waals surface area contributed by atoms with Gasteiger partial charge in [-0.05, 0) is 29.2 Å². The molecule has 296 valence electrons. The van der Waals surface area contributed by atoms with Crippen molar-refractivity contribution in [2.24, 2.45) is 11.5 Å². The van der Waals surface area contributed by atoms with Crippen molar-refractivity contribution < 1.29 is 38.3 Å². The fraction of sp³-hybridized carbons (Fsp3) is 0.341. The molecule has 3 aromatic carbocycles. The van der Waals surface area contributed by atoms with Crippen LogP contribution in [0, 0.1) is 0 Å². The Morgan fingerprint density at radius 3 is 2.02 bits per heavy atom. The molecule has 0 saturated carbocycles. The first-order chi connectivity index (χ1) is 26.9. The summed E-state index contributed by atoms with van der Waals surface area (Å²) in [5.41, 5.74) is 13.8. The smallest absolute Gasteiger partial charge is 0.308 e. The van der Waals surface area contributed by atoms with Crippen LogP contribution in [-0.2, 0) is 57.7 Å². The maximum absolute atomic E-state index is 14.2. The lowest BCUT2D eigenvalue weighted by Gasteiger charge is -2.32. The SMILES string of the molecule is CCCC[C@@H](C(=O)N[C@@H](CC(=O)OCc1ccccc1)C(=O)N[C@@H](Cc1ccccc1)C(N)=O)N(C)C(=O)[C@H](Cc1c[nH]c2ccccc12)NC(=O)CC(N)=O. The summed E-state index contributed by atoms with van der Waals surface area (Å²) in [6.45, 7) is 1.81. The highest BCUT2D eigenvalue weighted by molar-refractivity contribution is 6.00. The number of nitrogens with one attached hydrogen (secondary N) is 4. The number of carbonyl (C=O) groups excluding carboxylic acids is 7. The molecule has 56 heavy (non-hydrogen) atoms. The van der Waals surface area contributed by atoms with E-state index in [2.05, 4.69) is 20.9 Å². The molecular weight excluding hydrogens is 718 g/mol. The Bertz CT molecular complexity index is 1990. The van der Waals surface area contributed by atoms with Crippen LogP contribution in [0.1, 0.15) is 55.7 Å². The van der Waals surface area contributed by atoms with E-state index < -0.39 is 78.4 Å². The number of ether oxygens (including phenoxy) is 1. The Hall–Kier alpha value is -6.51. The minimum atomic E-state index is -1.53. The third-order valence-corrected chi connectivity index (χ3v) is 9.20. The zero-order valence-electron chi connectivity index (χ0n) is 31.5. The summed E-state index contributed by atoms with van der Waals surface area (Å²) in [6.07, 6.45) is 1.81. The van der Waals surface area contributed by atoms with E-state index in [0.29, 0.717) is 29.5 Å². The van der Waals surface area contributed by atoms with Crippen LogP contribution >= 0.6 is 0 Å². The molecule has 0 fully saturated rings. The summed E-state index contributed by atoms with van der Waals surface area (Å²) < 4.78 is 5.42. The number of aromatic amines is 1. The van der Waals surface area contributed by atoms with Crippen LogP contribution in [0.3, 0.4) is 0 Å². The van der Waals surface area contributed by atoms with Gasteiger partial charge in [0, 0.05) is 37.0 Å². The molecule has 4 rings (SSSR count). The van der Waals surface area contributed by atoms with Gasteiger partial charge in [0.25, 0.3) is 0 Å². The van der Waals surface area contributed by atoms with Gasteiger partial charge in [0.05, 0.1) is 6.42 Å². The minimum Gasteiger partial charge on any atom is -0.461 e. The standard InChI is InChI=1S/C41H49N7O8/c1-3-4-19-34(48(2)41(55)33(45-36(50)23-35(42)49)21-28-24-44-30-18-12-11-17-29(28)30)40(54)47-32(22-37(51)56-25-27-15-9-6-10-16-27)39(53)46-31(38(43)52)20-26-13-7-5-8-14-26/h5-18,24,31-34,44H,3-4,19-23,25H2,1-2H3,(H2,42,49)(H2,43,52)(H,45,50)(H,46,53)(H,47,54)/t31-,32-,33-,34-/m0/s1. The number of likely N-dealkylation sites (N-methyl/N-ethyl adjacent to an activating group) is 1. The van der Waals surface area contributed by atoms with Gasteiger partial charge in [-0.3, -0.25) is 33.6 Å². The summed E-state index contributed by atoms with van der Waals surface area (Å²) in [6, 6.07) is 20.0. The topological polar surface area (TPSA) is 236 Å². The molecule has 1 aromatic heterocycles. The van der Waals surface area contributed by atoms with Crippen LogP contribution in [-0.4, -0.2) is 82.5 Å². The molecule has 0 aliphatic heterocycles. The number of primary amides is 2. The number of hydrogen-bond acceptors (Lipinski definition) is 8. The van der Waals surface area contributed by atoms with Gasteiger partial charge in [-0.15, -0.1) is 0 Å². The Kier molecular flexibility index (Phi) is 15.7. The largest absolute Gasteiger partial charge is 0.461 e. The Morgan fingerprint density at radius 1 is 0.750 bits per heavy atom. The number of unbranched alkanes of at least 4 members (excludes halogenated alkanes) is 1. The minimum absolute atomic E-state index is 0.00795. The average Bonchev–Trinajstić information content (AvgIpc) is 3.59. The van der Waals surface area contributed by atoms with Crippen molar-refractivity contribution in [2.45, 2.75) is 82.6 Å². The molecule has 15 heteroatoms. The summed E-state index contributed by atoms with van der Waals surface area (Å²) in [7, 11) is 1.40. The number of para-hydroxylation sites is 1. The molecule has 0 radical (unpaired) electrons. The molecule has 0 spiro atoms. The van der Waals surface area contributed by atoms with E-state index in [9.17, 15) is 33.6 Å². The van der Waals surface area contributed by atoms with E-state index in [0.717, 1.165) is 10.9 Å². The van der Waals surface area contributed by atoms with Crippen LogP contribution < -0.4 is 27.4 Å². The fourth-order valence-corrected chi connectivity index (χ4v) is 6.21. The number of nitrogens with two attached hydrogens (primary N) is 2. The fourth-order valence-electron chi connectivity index (χ4n) is 6.21. The summed E-state index contributed by atoms with van der Waals surface area (Å²) in [4.78, 5) is 96.5. The third kappa shape index (κ3) is 12.5. The monoisotopic (exact) mass is 767 g/mol. The maximum Gasteiger partial charge on any atom is 0.308 e. The number of aromatic nitrogens is 1. The van der Waals surface area contributed by atoms with Crippen molar-refractivity contribution in [1.29, 1.82) is 0 Å². The first-order valence-electron chi connectivity index (χ1n) is 18.4. The van der Waals surface area contributed by atoms with Crippen molar-refractivity contribution in [3.8, 4) is 0 Å². The van der Waals surface area contributed by atoms with Crippen LogP contribution in [0.2, 0.25) is 0 Å². The highest BCUT2D eigenvalue weighted by Gasteiger charge is 2.36. The van der Waals surface area contributed by atoms with Crippen molar-refractivity contribution in [1.82, 2.24) is 25.8 Å². The number of rotatable bonds is 21. The zero-order valence-corrected chi connectivity index (χ0v) is 31.5. The van der Waals surface area contributed by atoms with Gasteiger partial charge >= 0.3 is 5.97 Å². The molecule has 0 bridgehead atoms. The van der Waals surface area contributed by atoms with Gasteiger partial charge in [-0.1, -0.05) is 98.6 Å².